The van der Waals surface area contributed by atoms with Crippen LogP contribution in [0.5, 0.6) is 0 Å². The minimum absolute atomic E-state index is 0.0983. The first-order valence-corrected chi connectivity index (χ1v) is 4.34. The van der Waals surface area contributed by atoms with Crippen LogP contribution in [0.1, 0.15) is 13.8 Å². The molecule has 1 unspecified atom stereocenters. The summed E-state index contributed by atoms with van der Waals surface area (Å²) >= 11 is 0. The van der Waals surface area contributed by atoms with Crippen molar-refractivity contribution in [2.24, 2.45) is 0 Å². The highest BCUT2D eigenvalue weighted by atomic mass is 16.1. The van der Waals surface area contributed by atoms with Crippen molar-refractivity contribution in [3.8, 4) is 11.8 Å². The molecule has 0 aliphatic heterocycles. The van der Waals surface area contributed by atoms with Crippen LogP contribution in [0.4, 0.5) is 0 Å². The van der Waals surface area contributed by atoms with E-state index in [4.69, 9.17) is 0 Å². The van der Waals surface area contributed by atoms with Gasteiger partial charge in [-0.15, -0.1) is 0 Å². The van der Waals surface area contributed by atoms with Gasteiger partial charge in [0.15, 0.2) is 0 Å². The van der Waals surface area contributed by atoms with Crippen LogP contribution in [-0.2, 0) is 4.79 Å². The Kier molecular flexibility index (Phi) is 5.89. The van der Waals surface area contributed by atoms with Gasteiger partial charge in [-0.25, -0.2) is 0 Å². The van der Waals surface area contributed by atoms with E-state index < -0.39 is 0 Å². The molecule has 0 aliphatic carbocycles. The Balaban J connectivity index is 4.43. The van der Waals surface area contributed by atoms with E-state index in [1.54, 1.807) is 25.2 Å². The lowest BCUT2D eigenvalue weighted by Gasteiger charge is -2.12. The second kappa shape index (κ2) is 6.73. The first kappa shape index (κ1) is 12.2. The van der Waals surface area contributed by atoms with E-state index in [9.17, 15) is 4.79 Å². The third-order valence-electron chi connectivity index (χ3n) is 1.63. The number of carbonyl (C=O) groups excluding carboxylic acids is 1. The summed E-state index contributed by atoms with van der Waals surface area (Å²) < 4.78 is 0. The van der Waals surface area contributed by atoms with Crippen LogP contribution in [-0.4, -0.2) is 11.9 Å². The summed E-state index contributed by atoms with van der Waals surface area (Å²) in [6, 6.07) is -0.0983. The fourth-order valence-corrected chi connectivity index (χ4v) is 0.955. The van der Waals surface area contributed by atoms with Gasteiger partial charge in [0, 0.05) is 0 Å². The molecule has 2 nitrogen and oxygen atoms in total. The van der Waals surface area contributed by atoms with E-state index in [1.165, 1.54) is 0 Å². The molecule has 0 aromatic carbocycles. The molecule has 0 bridgehead atoms. The Morgan fingerprint density at radius 3 is 2.57 bits per heavy atom. The third kappa shape index (κ3) is 4.32. The molecule has 0 fully saturated rings. The van der Waals surface area contributed by atoms with Crippen molar-refractivity contribution in [1.29, 1.82) is 0 Å². The van der Waals surface area contributed by atoms with Gasteiger partial charge in [0.25, 0.3) is 5.91 Å². The lowest BCUT2D eigenvalue weighted by molar-refractivity contribution is -0.116. The first-order valence-electron chi connectivity index (χ1n) is 4.34. The lowest BCUT2D eigenvalue weighted by atomic mass is 10.1. The summed E-state index contributed by atoms with van der Waals surface area (Å²) in [7, 11) is 0. The average molecular weight is 189 g/mol. The highest BCUT2D eigenvalue weighted by Gasteiger charge is 2.06. The van der Waals surface area contributed by atoms with Crippen molar-refractivity contribution in [2.75, 3.05) is 0 Å². The molecule has 0 rings (SSSR count). The number of nitrogens with one attached hydrogen (secondary N) is 1. The Morgan fingerprint density at radius 1 is 1.50 bits per heavy atom. The van der Waals surface area contributed by atoms with E-state index in [2.05, 4.69) is 30.3 Å². The van der Waals surface area contributed by atoms with E-state index >= 15 is 0 Å². The smallest absolute Gasteiger partial charge is 0.296 e. The van der Waals surface area contributed by atoms with Crippen LogP contribution < -0.4 is 5.32 Å². The summed E-state index contributed by atoms with van der Waals surface area (Å²) in [6.45, 7) is 10.7. The van der Waals surface area contributed by atoms with Crippen molar-refractivity contribution in [2.45, 2.75) is 19.9 Å². The van der Waals surface area contributed by atoms with Crippen molar-refractivity contribution < 1.29 is 4.79 Å². The van der Waals surface area contributed by atoms with E-state index in [0.29, 0.717) is 0 Å². The van der Waals surface area contributed by atoms with Gasteiger partial charge in [-0.2, -0.15) is 0 Å². The van der Waals surface area contributed by atoms with Gasteiger partial charge < -0.3 is 5.32 Å². The molecule has 0 aliphatic rings. The number of hydrogen-bond donors (Lipinski definition) is 1. The molecule has 74 valence electrons. The minimum atomic E-state index is -0.281. The molecule has 0 spiro atoms. The van der Waals surface area contributed by atoms with Crippen molar-refractivity contribution in [3.05, 3.63) is 37.0 Å². The predicted molar refractivity (Wildman–Crippen MR) is 59.5 cm³/mol. The maximum absolute atomic E-state index is 11.1. The number of carbonyl (C=O) groups is 1. The number of allylic oxidation sites excluding steroid dienone is 2. The summed E-state index contributed by atoms with van der Waals surface area (Å²) in [5.41, 5.74) is 0.909. The fraction of sp³-hybridized carbons (Fsp3) is 0.250. The largest absolute Gasteiger partial charge is 0.339 e. The zero-order chi connectivity index (χ0) is 11.0. The molecule has 1 atom stereocenters. The quantitative estimate of drug-likeness (QED) is 0.530. The number of hydrogen-bond acceptors (Lipinski definition) is 1. The van der Waals surface area contributed by atoms with Crippen LogP contribution in [0.2, 0.25) is 0 Å². The zero-order valence-corrected chi connectivity index (χ0v) is 8.63. The van der Waals surface area contributed by atoms with Crippen LogP contribution in [0, 0.1) is 11.8 Å². The molecule has 1 N–H and O–H groups in total. The monoisotopic (exact) mass is 189 g/mol. The zero-order valence-electron chi connectivity index (χ0n) is 8.63. The maximum atomic E-state index is 11.1. The average Bonchev–Trinajstić information content (AvgIpc) is 2.14. The van der Waals surface area contributed by atoms with Gasteiger partial charge in [0.1, 0.15) is 0 Å². The van der Waals surface area contributed by atoms with E-state index in [-0.39, 0.29) is 11.9 Å². The van der Waals surface area contributed by atoms with Gasteiger partial charge in [0.05, 0.1) is 6.04 Å². The van der Waals surface area contributed by atoms with Gasteiger partial charge in [0.2, 0.25) is 0 Å². The van der Waals surface area contributed by atoms with Crippen molar-refractivity contribution >= 4 is 5.91 Å². The summed E-state index contributed by atoms with van der Waals surface area (Å²) in [5, 5.41) is 2.72. The van der Waals surface area contributed by atoms with Crippen LogP contribution in [0.3, 0.4) is 0 Å². The van der Waals surface area contributed by atoms with Crippen LogP contribution >= 0.6 is 0 Å². The van der Waals surface area contributed by atoms with Gasteiger partial charge >= 0.3 is 0 Å². The van der Waals surface area contributed by atoms with Crippen molar-refractivity contribution in [1.82, 2.24) is 5.32 Å². The molecule has 0 saturated heterocycles. The molecule has 1 amide bonds. The lowest BCUT2D eigenvalue weighted by Crippen LogP contribution is -2.32. The summed E-state index contributed by atoms with van der Waals surface area (Å²) in [6.07, 6.45) is 5.15. The highest BCUT2D eigenvalue weighted by Crippen LogP contribution is 2.02. The predicted octanol–water partition coefficient (Wildman–Crippen LogP) is 1.81. The molecular formula is C12H15NO. The van der Waals surface area contributed by atoms with E-state index in [1.807, 2.05) is 6.92 Å². The summed E-state index contributed by atoms with van der Waals surface area (Å²) in [5.74, 6) is 4.66. The molecule has 2 heteroatoms. The highest BCUT2D eigenvalue weighted by molar-refractivity contribution is 5.93. The third-order valence-corrected chi connectivity index (χ3v) is 1.63. The van der Waals surface area contributed by atoms with Gasteiger partial charge in [-0.1, -0.05) is 37.3 Å². The Bertz CT molecular complexity index is 315. The molecule has 0 radical (unpaired) electrons. The number of rotatable bonds is 4. The van der Waals surface area contributed by atoms with Crippen LogP contribution in [0.15, 0.2) is 37.0 Å². The summed E-state index contributed by atoms with van der Waals surface area (Å²) in [4.78, 5) is 11.1. The standard InChI is InChI=1S/C12H15NO/c1-5-8-11(7-3)10(4)13-12(14)9-6-2/h5,7-8,10H,1,3H2,2,4H3,(H,13,14)/b11-8+. The molecule has 0 saturated carbocycles. The maximum Gasteiger partial charge on any atom is 0.296 e. The minimum Gasteiger partial charge on any atom is -0.339 e. The van der Waals surface area contributed by atoms with E-state index in [0.717, 1.165) is 5.57 Å². The topological polar surface area (TPSA) is 29.1 Å². The first-order chi connectivity index (χ1) is 6.65. The molecule has 14 heavy (non-hydrogen) atoms. The fourth-order valence-electron chi connectivity index (χ4n) is 0.955. The molecule has 0 aromatic rings. The molecule has 0 aromatic heterocycles. The normalized spacial score (nSPS) is 12.0. The SMILES string of the molecule is C=C/C=C(\C=C)C(C)NC(=O)C#CC. The van der Waals surface area contributed by atoms with Crippen molar-refractivity contribution in [3.63, 3.8) is 0 Å². The molecule has 0 heterocycles. The second-order valence-corrected chi connectivity index (χ2v) is 2.68. The van der Waals surface area contributed by atoms with Gasteiger partial charge in [-0.3, -0.25) is 4.79 Å². The number of amides is 1. The Hall–Kier alpha value is -1.75. The van der Waals surface area contributed by atoms with Gasteiger partial charge in [-0.05, 0) is 25.3 Å². The van der Waals surface area contributed by atoms with Crippen LogP contribution in [0.25, 0.3) is 0 Å². The second-order valence-electron chi connectivity index (χ2n) is 2.68. The Labute approximate surface area is 85.4 Å². The Morgan fingerprint density at radius 2 is 2.14 bits per heavy atom. The molecular weight excluding hydrogens is 174 g/mol.